The van der Waals surface area contributed by atoms with Crippen molar-refractivity contribution in [2.45, 2.75) is 25.0 Å². The zero-order valence-electron chi connectivity index (χ0n) is 10.4. The quantitative estimate of drug-likeness (QED) is 0.865. The van der Waals surface area contributed by atoms with Gasteiger partial charge in [-0.2, -0.15) is 0 Å². The molecule has 2 atom stereocenters. The number of hydrogen-bond donors (Lipinski definition) is 2. The van der Waals surface area contributed by atoms with Gasteiger partial charge in [0.05, 0.1) is 12.2 Å². The smallest absolute Gasteiger partial charge is 0.0905 e. The number of rotatable bonds is 4. The van der Waals surface area contributed by atoms with Crippen LogP contribution in [0, 0.1) is 0 Å². The molecule has 0 heterocycles. The highest BCUT2D eigenvalue weighted by atomic mass is 16.3. The van der Waals surface area contributed by atoms with E-state index >= 15 is 0 Å². The molecule has 2 nitrogen and oxygen atoms in total. The first-order valence-corrected chi connectivity index (χ1v) is 6.16. The van der Waals surface area contributed by atoms with Gasteiger partial charge in [-0.1, -0.05) is 60.7 Å². The first-order valence-electron chi connectivity index (χ1n) is 6.16. The molecule has 0 aliphatic carbocycles. The molecule has 94 valence electrons. The van der Waals surface area contributed by atoms with Crippen molar-refractivity contribution >= 4 is 0 Å². The van der Waals surface area contributed by atoms with Crippen molar-refractivity contribution in [3.05, 3.63) is 71.8 Å². The molecule has 2 aromatic carbocycles. The molecule has 18 heavy (non-hydrogen) atoms. The zero-order chi connectivity index (χ0) is 13.0. The van der Waals surface area contributed by atoms with Gasteiger partial charge >= 0.3 is 0 Å². The lowest BCUT2D eigenvalue weighted by Crippen LogP contribution is -2.30. The second kappa shape index (κ2) is 5.80. The van der Waals surface area contributed by atoms with Crippen LogP contribution in [0.4, 0.5) is 0 Å². The van der Waals surface area contributed by atoms with Crippen molar-refractivity contribution < 1.29 is 10.2 Å². The first kappa shape index (κ1) is 12.8. The summed E-state index contributed by atoms with van der Waals surface area (Å²) >= 11 is 0. The molecular formula is C16H18O2. The van der Waals surface area contributed by atoms with Gasteiger partial charge in [0, 0.05) is 5.92 Å². The van der Waals surface area contributed by atoms with Crippen molar-refractivity contribution in [2.75, 3.05) is 0 Å². The van der Waals surface area contributed by atoms with Gasteiger partial charge in [-0.25, -0.2) is 0 Å². The third-order valence-corrected chi connectivity index (χ3v) is 3.15. The average molecular weight is 242 g/mol. The Balaban J connectivity index is 2.42. The van der Waals surface area contributed by atoms with Crippen LogP contribution in [0.5, 0.6) is 0 Å². The van der Waals surface area contributed by atoms with Crippen LogP contribution < -0.4 is 0 Å². The Labute approximate surface area is 108 Å². The highest BCUT2D eigenvalue weighted by molar-refractivity contribution is 5.34. The van der Waals surface area contributed by atoms with E-state index in [4.69, 9.17) is 0 Å². The standard InChI is InChI=1S/C16H18O2/c1-12(17)16(18)15(13-8-4-2-5-9-13)14-10-6-3-7-11-14/h2-12,15-18H,1H3/t12-,16+/m0/s1. The highest BCUT2D eigenvalue weighted by Gasteiger charge is 2.26. The van der Waals surface area contributed by atoms with Gasteiger partial charge in [0.15, 0.2) is 0 Å². The summed E-state index contributed by atoms with van der Waals surface area (Å²) in [5.41, 5.74) is 2.02. The van der Waals surface area contributed by atoms with Gasteiger partial charge in [0.1, 0.15) is 0 Å². The minimum absolute atomic E-state index is 0.201. The molecule has 0 unspecified atom stereocenters. The number of benzene rings is 2. The molecule has 0 saturated carbocycles. The summed E-state index contributed by atoms with van der Waals surface area (Å²) in [5.74, 6) is -0.201. The Morgan fingerprint density at radius 3 is 1.44 bits per heavy atom. The van der Waals surface area contributed by atoms with Crippen LogP contribution in [-0.4, -0.2) is 22.4 Å². The minimum Gasteiger partial charge on any atom is -0.391 e. The molecule has 2 heteroatoms. The van der Waals surface area contributed by atoms with Crippen LogP contribution in [0.25, 0.3) is 0 Å². The summed E-state index contributed by atoms with van der Waals surface area (Å²) in [6.45, 7) is 1.61. The van der Waals surface area contributed by atoms with E-state index in [1.54, 1.807) is 6.92 Å². The molecule has 0 spiro atoms. The van der Waals surface area contributed by atoms with Crippen LogP contribution in [0.2, 0.25) is 0 Å². The van der Waals surface area contributed by atoms with E-state index in [9.17, 15) is 10.2 Å². The molecule has 0 saturated heterocycles. The second-order valence-corrected chi connectivity index (χ2v) is 4.53. The predicted molar refractivity (Wildman–Crippen MR) is 72.4 cm³/mol. The van der Waals surface area contributed by atoms with E-state index in [1.807, 2.05) is 60.7 Å². The maximum atomic E-state index is 10.2. The fraction of sp³-hybridized carbons (Fsp3) is 0.250. The fourth-order valence-corrected chi connectivity index (χ4v) is 2.19. The summed E-state index contributed by atoms with van der Waals surface area (Å²) in [6.07, 6.45) is -1.58. The second-order valence-electron chi connectivity index (χ2n) is 4.53. The summed E-state index contributed by atoms with van der Waals surface area (Å²) in [7, 11) is 0. The van der Waals surface area contributed by atoms with Crippen molar-refractivity contribution in [3.8, 4) is 0 Å². The SMILES string of the molecule is C[C@H](O)[C@@H](O)C(c1ccccc1)c1ccccc1. The Hall–Kier alpha value is -1.64. The van der Waals surface area contributed by atoms with E-state index in [-0.39, 0.29) is 5.92 Å². The Kier molecular flexibility index (Phi) is 4.13. The molecule has 0 aromatic heterocycles. The number of hydrogen-bond acceptors (Lipinski definition) is 2. The molecule has 0 bridgehead atoms. The van der Waals surface area contributed by atoms with Gasteiger partial charge in [-0.15, -0.1) is 0 Å². The summed E-state index contributed by atoms with van der Waals surface area (Å²) in [5, 5.41) is 19.9. The minimum atomic E-state index is -0.810. The van der Waals surface area contributed by atoms with Crippen molar-refractivity contribution in [1.82, 2.24) is 0 Å². The Bertz CT molecular complexity index is 425. The van der Waals surface area contributed by atoms with E-state index < -0.39 is 12.2 Å². The summed E-state index contributed by atoms with van der Waals surface area (Å²) in [6, 6.07) is 19.6. The van der Waals surface area contributed by atoms with E-state index in [1.165, 1.54) is 0 Å². The van der Waals surface area contributed by atoms with E-state index in [0.717, 1.165) is 11.1 Å². The molecule has 2 rings (SSSR count). The largest absolute Gasteiger partial charge is 0.391 e. The lowest BCUT2D eigenvalue weighted by molar-refractivity contribution is 0.0213. The zero-order valence-corrected chi connectivity index (χ0v) is 10.4. The molecule has 0 aliphatic heterocycles. The lowest BCUT2D eigenvalue weighted by atomic mass is 9.85. The van der Waals surface area contributed by atoms with Crippen molar-refractivity contribution in [3.63, 3.8) is 0 Å². The maximum absolute atomic E-state index is 10.2. The molecule has 0 fully saturated rings. The average Bonchev–Trinajstić information content (AvgIpc) is 2.41. The predicted octanol–water partition coefficient (Wildman–Crippen LogP) is 2.56. The molecule has 0 radical (unpaired) electrons. The van der Waals surface area contributed by atoms with Crippen molar-refractivity contribution in [1.29, 1.82) is 0 Å². The van der Waals surface area contributed by atoms with E-state index in [0.29, 0.717) is 0 Å². The van der Waals surface area contributed by atoms with E-state index in [2.05, 4.69) is 0 Å². The van der Waals surface area contributed by atoms with Crippen LogP contribution in [0.3, 0.4) is 0 Å². The fourth-order valence-electron chi connectivity index (χ4n) is 2.19. The normalized spacial score (nSPS) is 14.4. The topological polar surface area (TPSA) is 40.5 Å². The summed E-state index contributed by atoms with van der Waals surface area (Å²) < 4.78 is 0. The summed E-state index contributed by atoms with van der Waals surface area (Å²) in [4.78, 5) is 0. The van der Waals surface area contributed by atoms with Gasteiger partial charge < -0.3 is 10.2 Å². The molecular weight excluding hydrogens is 224 g/mol. The monoisotopic (exact) mass is 242 g/mol. The molecule has 2 N–H and O–H groups in total. The van der Waals surface area contributed by atoms with Crippen LogP contribution in [0.1, 0.15) is 24.0 Å². The van der Waals surface area contributed by atoms with Gasteiger partial charge in [-0.3, -0.25) is 0 Å². The van der Waals surface area contributed by atoms with Crippen LogP contribution in [-0.2, 0) is 0 Å². The van der Waals surface area contributed by atoms with Gasteiger partial charge in [-0.05, 0) is 18.1 Å². The molecule has 0 amide bonds. The molecule has 0 aliphatic rings. The van der Waals surface area contributed by atoms with Crippen molar-refractivity contribution in [2.24, 2.45) is 0 Å². The van der Waals surface area contributed by atoms with Gasteiger partial charge in [0.2, 0.25) is 0 Å². The Morgan fingerprint density at radius 2 is 1.11 bits per heavy atom. The maximum Gasteiger partial charge on any atom is 0.0905 e. The molecule has 2 aromatic rings. The first-order chi connectivity index (χ1) is 8.70. The highest BCUT2D eigenvalue weighted by Crippen LogP contribution is 2.29. The van der Waals surface area contributed by atoms with Crippen LogP contribution >= 0.6 is 0 Å². The lowest BCUT2D eigenvalue weighted by Gasteiger charge is -2.26. The third kappa shape index (κ3) is 2.78. The van der Waals surface area contributed by atoms with Crippen LogP contribution in [0.15, 0.2) is 60.7 Å². The third-order valence-electron chi connectivity index (χ3n) is 3.15. The Morgan fingerprint density at radius 1 is 0.722 bits per heavy atom. The number of aliphatic hydroxyl groups excluding tert-OH is 2. The van der Waals surface area contributed by atoms with Gasteiger partial charge in [0.25, 0.3) is 0 Å². The number of aliphatic hydroxyl groups is 2.